The smallest absolute Gasteiger partial charge is 0.157 e. The van der Waals surface area contributed by atoms with Gasteiger partial charge in [0.25, 0.3) is 0 Å². The van der Waals surface area contributed by atoms with Gasteiger partial charge in [0.1, 0.15) is 0 Å². The molecule has 2 nitrogen and oxygen atoms in total. The first-order valence-corrected chi connectivity index (χ1v) is 7.96. The molecule has 1 aliphatic carbocycles. The second-order valence-electron chi connectivity index (χ2n) is 4.44. The molecule has 1 aliphatic rings. The second kappa shape index (κ2) is 4.49. The summed E-state index contributed by atoms with van der Waals surface area (Å²) in [7, 11) is -2.92. The van der Waals surface area contributed by atoms with Crippen LogP contribution in [0.25, 0.3) is 0 Å². The van der Waals surface area contributed by atoms with E-state index in [9.17, 15) is 8.42 Å². The molecule has 0 unspecified atom stereocenters. The molecule has 0 saturated heterocycles. The molecule has 4 heteroatoms. The Balaban J connectivity index is 2.17. The standard InChI is InChI=1S/C12H15BrO2S/c1-9-7-10(5-6-12(9)13)8-16(14,15)11-3-2-4-11/h5-7,11H,2-4,8H2,1H3. The van der Waals surface area contributed by atoms with Crippen LogP contribution in [0.3, 0.4) is 0 Å². The molecule has 0 spiro atoms. The average molecular weight is 303 g/mol. The van der Waals surface area contributed by atoms with Gasteiger partial charge in [0.2, 0.25) is 0 Å². The quantitative estimate of drug-likeness (QED) is 0.859. The van der Waals surface area contributed by atoms with Crippen LogP contribution in [-0.4, -0.2) is 13.7 Å². The van der Waals surface area contributed by atoms with E-state index in [4.69, 9.17) is 0 Å². The van der Waals surface area contributed by atoms with Crippen LogP contribution < -0.4 is 0 Å². The summed E-state index contributed by atoms with van der Waals surface area (Å²) in [6.45, 7) is 1.98. The number of aryl methyl sites for hydroxylation is 1. The predicted molar refractivity (Wildman–Crippen MR) is 69.1 cm³/mol. The average Bonchev–Trinajstić information content (AvgIpc) is 2.06. The van der Waals surface area contributed by atoms with Crippen LogP contribution >= 0.6 is 15.9 Å². The number of rotatable bonds is 3. The Morgan fingerprint density at radius 3 is 2.56 bits per heavy atom. The van der Waals surface area contributed by atoms with Crippen molar-refractivity contribution in [2.45, 2.75) is 37.2 Å². The van der Waals surface area contributed by atoms with Crippen molar-refractivity contribution < 1.29 is 8.42 Å². The maximum absolute atomic E-state index is 12.0. The van der Waals surface area contributed by atoms with Crippen LogP contribution in [-0.2, 0) is 15.6 Å². The van der Waals surface area contributed by atoms with Gasteiger partial charge < -0.3 is 0 Å². The van der Waals surface area contributed by atoms with Crippen molar-refractivity contribution in [2.24, 2.45) is 0 Å². The lowest BCUT2D eigenvalue weighted by atomic mass is 10.00. The predicted octanol–water partition coefficient (Wildman–Crippen LogP) is 3.22. The van der Waals surface area contributed by atoms with E-state index >= 15 is 0 Å². The number of hydrogen-bond acceptors (Lipinski definition) is 2. The van der Waals surface area contributed by atoms with Gasteiger partial charge in [0, 0.05) is 4.47 Å². The first-order valence-electron chi connectivity index (χ1n) is 5.45. The molecule has 88 valence electrons. The third-order valence-electron chi connectivity index (χ3n) is 3.15. The molecule has 0 atom stereocenters. The molecule has 2 rings (SSSR count). The molecule has 0 radical (unpaired) electrons. The van der Waals surface area contributed by atoms with Crippen molar-refractivity contribution in [3.05, 3.63) is 33.8 Å². The number of benzene rings is 1. The Morgan fingerprint density at radius 1 is 1.38 bits per heavy atom. The topological polar surface area (TPSA) is 34.1 Å². The van der Waals surface area contributed by atoms with Gasteiger partial charge in [-0.05, 0) is 37.0 Å². The molecule has 0 aliphatic heterocycles. The molecular formula is C12H15BrO2S. The zero-order chi connectivity index (χ0) is 11.8. The van der Waals surface area contributed by atoms with Gasteiger partial charge >= 0.3 is 0 Å². The highest BCUT2D eigenvalue weighted by atomic mass is 79.9. The van der Waals surface area contributed by atoms with Crippen molar-refractivity contribution in [3.63, 3.8) is 0 Å². The molecule has 0 bridgehead atoms. The van der Waals surface area contributed by atoms with Gasteiger partial charge in [-0.2, -0.15) is 0 Å². The van der Waals surface area contributed by atoms with E-state index in [1.54, 1.807) is 0 Å². The molecule has 1 aromatic carbocycles. The zero-order valence-electron chi connectivity index (χ0n) is 9.24. The highest BCUT2D eigenvalue weighted by Crippen LogP contribution is 2.29. The number of halogens is 1. The van der Waals surface area contributed by atoms with Crippen molar-refractivity contribution in [1.29, 1.82) is 0 Å². The van der Waals surface area contributed by atoms with Gasteiger partial charge in [-0.3, -0.25) is 0 Å². The Morgan fingerprint density at radius 2 is 2.06 bits per heavy atom. The van der Waals surface area contributed by atoms with E-state index in [0.29, 0.717) is 0 Å². The van der Waals surface area contributed by atoms with E-state index in [1.807, 2.05) is 25.1 Å². The Kier molecular flexibility index (Phi) is 3.40. The highest BCUT2D eigenvalue weighted by molar-refractivity contribution is 9.10. The summed E-state index contributed by atoms with van der Waals surface area (Å²) in [6, 6.07) is 5.74. The third kappa shape index (κ3) is 2.48. The molecule has 1 aromatic rings. The normalized spacial score (nSPS) is 17.1. The SMILES string of the molecule is Cc1cc(CS(=O)(=O)C2CCC2)ccc1Br. The molecule has 1 fully saturated rings. The Bertz CT molecular complexity index is 490. The summed E-state index contributed by atoms with van der Waals surface area (Å²) in [5.41, 5.74) is 1.98. The first kappa shape index (κ1) is 12.1. The number of sulfone groups is 1. The molecular weight excluding hydrogens is 288 g/mol. The lowest BCUT2D eigenvalue weighted by Gasteiger charge is -2.25. The van der Waals surface area contributed by atoms with E-state index in [0.717, 1.165) is 34.9 Å². The van der Waals surface area contributed by atoms with Crippen molar-refractivity contribution in [1.82, 2.24) is 0 Å². The fourth-order valence-corrected chi connectivity index (χ4v) is 4.05. The van der Waals surface area contributed by atoms with E-state index in [2.05, 4.69) is 15.9 Å². The summed E-state index contributed by atoms with van der Waals surface area (Å²) < 4.78 is 25.0. The minimum Gasteiger partial charge on any atom is -0.228 e. The van der Waals surface area contributed by atoms with Crippen LogP contribution in [0.2, 0.25) is 0 Å². The van der Waals surface area contributed by atoms with Gasteiger partial charge in [0.05, 0.1) is 11.0 Å². The van der Waals surface area contributed by atoms with Crippen molar-refractivity contribution in [3.8, 4) is 0 Å². The fourth-order valence-electron chi connectivity index (χ4n) is 1.88. The van der Waals surface area contributed by atoms with E-state index < -0.39 is 9.84 Å². The van der Waals surface area contributed by atoms with Crippen LogP contribution in [0.5, 0.6) is 0 Å². The Labute approximate surface area is 105 Å². The minimum atomic E-state index is -2.92. The van der Waals surface area contributed by atoms with Crippen LogP contribution in [0, 0.1) is 6.92 Å². The summed E-state index contributed by atoms with van der Waals surface area (Å²) >= 11 is 3.41. The maximum Gasteiger partial charge on any atom is 0.157 e. The first-order chi connectivity index (χ1) is 7.49. The largest absolute Gasteiger partial charge is 0.228 e. The van der Waals surface area contributed by atoms with Gasteiger partial charge in [-0.1, -0.05) is 34.5 Å². The van der Waals surface area contributed by atoms with E-state index in [1.165, 1.54) is 0 Å². The van der Waals surface area contributed by atoms with Gasteiger partial charge in [0.15, 0.2) is 9.84 Å². The molecule has 0 aromatic heterocycles. The second-order valence-corrected chi connectivity index (χ2v) is 7.58. The van der Waals surface area contributed by atoms with Crippen LogP contribution in [0.15, 0.2) is 22.7 Å². The molecule has 16 heavy (non-hydrogen) atoms. The molecule has 1 saturated carbocycles. The maximum atomic E-state index is 12.0. The molecule has 0 amide bonds. The summed E-state index contributed by atoms with van der Waals surface area (Å²) in [5.74, 6) is 0.186. The lowest BCUT2D eigenvalue weighted by molar-refractivity contribution is 0.476. The van der Waals surface area contributed by atoms with Gasteiger partial charge in [-0.15, -0.1) is 0 Å². The lowest BCUT2D eigenvalue weighted by Crippen LogP contribution is -2.29. The minimum absolute atomic E-state index is 0.0866. The van der Waals surface area contributed by atoms with Crippen molar-refractivity contribution in [2.75, 3.05) is 0 Å². The number of hydrogen-bond donors (Lipinski definition) is 0. The summed E-state index contributed by atoms with van der Waals surface area (Å²) in [6.07, 6.45) is 2.75. The fraction of sp³-hybridized carbons (Fsp3) is 0.500. The van der Waals surface area contributed by atoms with Crippen LogP contribution in [0.4, 0.5) is 0 Å². The summed E-state index contributed by atoms with van der Waals surface area (Å²) in [4.78, 5) is 0. The van der Waals surface area contributed by atoms with E-state index in [-0.39, 0.29) is 11.0 Å². The van der Waals surface area contributed by atoms with Crippen LogP contribution in [0.1, 0.15) is 30.4 Å². The van der Waals surface area contributed by atoms with Crippen molar-refractivity contribution >= 4 is 25.8 Å². The summed E-state index contributed by atoms with van der Waals surface area (Å²) in [5, 5.41) is -0.0866. The highest BCUT2D eigenvalue weighted by Gasteiger charge is 2.31. The zero-order valence-corrected chi connectivity index (χ0v) is 11.6. The Hall–Kier alpha value is -0.350. The monoisotopic (exact) mass is 302 g/mol. The third-order valence-corrected chi connectivity index (χ3v) is 6.26. The molecule has 0 heterocycles. The molecule has 0 N–H and O–H groups in total. The van der Waals surface area contributed by atoms with Gasteiger partial charge in [-0.25, -0.2) is 8.42 Å².